The fourth-order valence-electron chi connectivity index (χ4n) is 1.66. The van der Waals surface area contributed by atoms with Gasteiger partial charge in [0, 0.05) is 25.3 Å². The highest BCUT2D eigenvalue weighted by Crippen LogP contribution is 2.09. The summed E-state index contributed by atoms with van der Waals surface area (Å²) in [5.74, 6) is -0.988. The topological polar surface area (TPSA) is 113 Å². The molecule has 0 aliphatic carbocycles. The molecule has 0 aromatic carbocycles. The lowest BCUT2D eigenvalue weighted by Crippen LogP contribution is -2.50. The number of amides is 3. The van der Waals surface area contributed by atoms with Crippen LogP contribution in [0.3, 0.4) is 0 Å². The van der Waals surface area contributed by atoms with Gasteiger partial charge in [-0.2, -0.15) is 11.8 Å². The molecular formula is C12H23N3O4S. The van der Waals surface area contributed by atoms with Gasteiger partial charge in [-0.3, -0.25) is 4.79 Å². The Balaban J connectivity index is 4.57. The van der Waals surface area contributed by atoms with Crippen LogP contribution < -0.4 is 11.1 Å². The van der Waals surface area contributed by atoms with Crippen LogP contribution in [0.1, 0.15) is 26.2 Å². The van der Waals surface area contributed by atoms with Crippen molar-refractivity contribution < 1.29 is 19.5 Å². The van der Waals surface area contributed by atoms with Crippen molar-refractivity contribution >= 4 is 29.7 Å². The van der Waals surface area contributed by atoms with E-state index >= 15 is 0 Å². The molecule has 0 bridgehead atoms. The number of carboxylic acids is 1. The van der Waals surface area contributed by atoms with E-state index in [9.17, 15) is 14.4 Å². The number of nitrogens with one attached hydrogen (secondary N) is 1. The first-order valence-corrected chi connectivity index (χ1v) is 7.76. The van der Waals surface area contributed by atoms with E-state index in [4.69, 9.17) is 10.8 Å². The van der Waals surface area contributed by atoms with Crippen LogP contribution in [0.4, 0.5) is 4.79 Å². The summed E-state index contributed by atoms with van der Waals surface area (Å²) in [6, 6.07) is -1.53. The summed E-state index contributed by atoms with van der Waals surface area (Å²) in [4.78, 5) is 35.2. The second-order valence-corrected chi connectivity index (χ2v) is 5.38. The number of aliphatic carboxylic acids is 1. The number of carbonyl (C=O) groups is 3. The van der Waals surface area contributed by atoms with Crippen LogP contribution >= 0.6 is 11.8 Å². The quantitative estimate of drug-likeness (QED) is 0.574. The molecule has 2 atom stereocenters. The molecule has 1 unspecified atom stereocenters. The first-order chi connectivity index (χ1) is 9.33. The molecule has 0 radical (unpaired) electrons. The van der Waals surface area contributed by atoms with Crippen molar-refractivity contribution in [3.8, 4) is 0 Å². The Kier molecular flexibility index (Phi) is 8.78. The number of nitrogens with zero attached hydrogens (tertiary/aromatic N) is 1. The van der Waals surface area contributed by atoms with E-state index in [2.05, 4.69) is 5.32 Å². The number of nitrogens with two attached hydrogens (primary N) is 1. The van der Waals surface area contributed by atoms with Gasteiger partial charge in [-0.25, -0.2) is 9.59 Å². The zero-order chi connectivity index (χ0) is 15.7. The molecular weight excluding hydrogens is 282 g/mol. The van der Waals surface area contributed by atoms with Gasteiger partial charge in [0.2, 0.25) is 5.91 Å². The predicted molar refractivity (Wildman–Crippen MR) is 78.6 cm³/mol. The van der Waals surface area contributed by atoms with Crippen LogP contribution in [0, 0.1) is 0 Å². The largest absolute Gasteiger partial charge is 0.480 e. The molecule has 0 heterocycles. The van der Waals surface area contributed by atoms with E-state index in [-0.39, 0.29) is 18.9 Å². The highest BCUT2D eigenvalue weighted by molar-refractivity contribution is 7.98. The molecule has 0 aliphatic rings. The highest BCUT2D eigenvalue weighted by atomic mass is 32.2. The zero-order valence-corrected chi connectivity index (χ0v) is 12.9. The van der Waals surface area contributed by atoms with Crippen molar-refractivity contribution in [3.05, 3.63) is 0 Å². The summed E-state index contributed by atoms with van der Waals surface area (Å²) in [6.45, 7) is 1.96. The van der Waals surface area contributed by atoms with Gasteiger partial charge in [0.15, 0.2) is 0 Å². The van der Waals surface area contributed by atoms with Gasteiger partial charge in [0.05, 0.1) is 0 Å². The molecule has 0 fully saturated rings. The maximum absolute atomic E-state index is 12.0. The summed E-state index contributed by atoms with van der Waals surface area (Å²) in [6.07, 6.45) is 2.64. The minimum Gasteiger partial charge on any atom is -0.480 e. The number of thioether (sulfide) groups is 1. The second-order valence-electron chi connectivity index (χ2n) is 4.47. The third kappa shape index (κ3) is 6.65. The van der Waals surface area contributed by atoms with Gasteiger partial charge in [-0.05, 0) is 19.1 Å². The average Bonchev–Trinajstić information content (AvgIpc) is 2.39. The molecule has 0 aliphatic heterocycles. The van der Waals surface area contributed by atoms with Gasteiger partial charge >= 0.3 is 12.0 Å². The Labute approximate surface area is 123 Å². The zero-order valence-electron chi connectivity index (χ0n) is 12.1. The van der Waals surface area contributed by atoms with Gasteiger partial charge < -0.3 is 21.1 Å². The average molecular weight is 305 g/mol. The van der Waals surface area contributed by atoms with Crippen molar-refractivity contribution in [1.29, 1.82) is 0 Å². The van der Waals surface area contributed by atoms with E-state index in [1.54, 1.807) is 18.8 Å². The lowest BCUT2D eigenvalue weighted by atomic mass is 10.1. The number of hydrogen-bond donors (Lipinski definition) is 3. The number of urea groups is 1. The Morgan fingerprint density at radius 2 is 2.00 bits per heavy atom. The Bertz CT molecular complexity index is 352. The molecule has 7 nitrogen and oxygen atoms in total. The van der Waals surface area contributed by atoms with Gasteiger partial charge in [0.1, 0.15) is 6.04 Å². The van der Waals surface area contributed by atoms with Gasteiger partial charge in [-0.1, -0.05) is 6.92 Å². The van der Waals surface area contributed by atoms with Crippen molar-refractivity contribution in [2.75, 3.05) is 19.1 Å². The summed E-state index contributed by atoms with van der Waals surface area (Å²) in [7, 11) is 1.63. The standard InChI is InChI=1S/C12H23N3O4S/c1-4-8(7-20-3)15(2)12(19)14-9(11(17)18)5-6-10(13)16/h8-9H,4-7H2,1-3H3,(H2,13,16)(H,14,19)(H,17,18)/t8?,9-/m1/s1. The molecule has 0 saturated heterocycles. The molecule has 116 valence electrons. The summed E-state index contributed by atoms with van der Waals surface area (Å²) < 4.78 is 0. The molecule has 4 N–H and O–H groups in total. The summed E-state index contributed by atoms with van der Waals surface area (Å²) in [5, 5.41) is 11.4. The van der Waals surface area contributed by atoms with Crippen molar-refractivity contribution in [3.63, 3.8) is 0 Å². The fraction of sp³-hybridized carbons (Fsp3) is 0.750. The van der Waals surface area contributed by atoms with Crippen molar-refractivity contribution in [2.24, 2.45) is 5.73 Å². The van der Waals surface area contributed by atoms with E-state index in [1.807, 2.05) is 13.2 Å². The van der Waals surface area contributed by atoms with Crippen molar-refractivity contribution in [2.45, 2.75) is 38.3 Å². The number of carbonyl (C=O) groups excluding carboxylic acids is 2. The number of rotatable bonds is 9. The van der Waals surface area contributed by atoms with Gasteiger partial charge in [-0.15, -0.1) is 0 Å². The van der Waals surface area contributed by atoms with E-state index < -0.39 is 23.9 Å². The monoisotopic (exact) mass is 305 g/mol. The van der Waals surface area contributed by atoms with Crippen LogP contribution in [0.15, 0.2) is 0 Å². The fourth-order valence-corrected chi connectivity index (χ4v) is 2.50. The maximum atomic E-state index is 12.0. The minimum atomic E-state index is -1.18. The Morgan fingerprint density at radius 3 is 2.40 bits per heavy atom. The van der Waals surface area contributed by atoms with Crippen LogP contribution in [0.2, 0.25) is 0 Å². The van der Waals surface area contributed by atoms with E-state index in [0.29, 0.717) is 0 Å². The first kappa shape index (κ1) is 18.6. The van der Waals surface area contributed by atoms with Crippen molar-refractivity contribution in [1.82, 2.24) is 10.2 Å². The Hall–Kier alpha value is -1.44. The highest BCUT2D eigenvalue weighted by Gasteiger charge is 2.24. The minimum absolute atomic E-state index is 0.0104. The first-order valence-electron chi connectivity index (χ1n) is 6.36. The molecule has 0 aromatic rings. The lowest BCUT2D eigenvalue weighted by molar-refractivity contribution is -0.139. The third-order valence-electron chi connectivity index (χ3n) is 2.97. The maximum Gasteiger partial charge on any atom is 0.326 e. The number of primary amides is 1. The van der Waals surface area contributed by atoms with Crippen LogP contribution in [0.5, 0.6) is 0 Å². The molecule has 0 saturated carbocycles. The van der Waals surface area contributed by atoms with Gasteiger partial charge in [0.25, 0.3) is 0 Å². The summed E-state index contributed by atoms with van der Waals surface area (Å²) in [5.41, 5.74) is 4.98. The summed E-state index contributed by atoms with van der Waals surface area (Å²) >= 11 is 1.62. The predicted octanol–water partition coefficient (Wildman–Crippen LogP) is 0.488. The number of hydrogen-bond acceptors (Lipinski definition) is 4. The third-order valence-corrected chi connectivity index (χ3v) is 3.69. The molecule has 0 aromatic heterocycles. The van der Waals surface area contributed by atoms with Crippen LogP contribution in [0.25, 0.3) is 0 Å². The second kappa shape index (κ2) is 9.46. The van der Waals surface area contributed by atoms with Crippen LogP contribution in [-0.2, 0) is 9.59 Å². The smallest absolute Gasteiger partial charge is 0.326 e. The SMILES string of the molecule is CCC(CSC)N(C)C(=O)N[C@H](CCC(N)=O)C(=O)O. The van der Waals surface area contributed by atoms with Crippen LogP contribution in [-0.4, -0.2) is 59.1 Å². The molecule has 0 spiro atoms. The Morgan fingerprint density at radius 1 is 1.40 bits per heavy atom. The molecule has 8 heteroatoms. The molecule has 0 rings (SSSR count). The normalized spacial score (nSPS) is 13.3. The molecule has 20 heavy (non-hydrogen) atoms. The molecule has 3 amide bonds. The van der Waals surface area contributed by atoms with E-state index in [0.717, 1.165) is 12.2 Å². The van der Waals surface area contributed by atoms with E-state index in [1.165, 1.54) is 4.90 Å². The number of carboxylic acid groups (broad SMARTS) is 1. The lowest BCUT2D eigenvalue weighted by Gasteiger charge is -2.28.